The van der Waals surface area contributed by atoms with Crippen LogP contribution >= 0.6 is 11.6 Å². The van der Waals surface area contributed by atoms with Gasteiger partial charge in [-0.2, -0.15) is 0 Å². The van der Waals surface area contributed by atoms with E-state index < -0.39 is 0 Å². The number of hydrogen-bond acceptors (Lipinski definition) is 1. The molecular formula is C9H15ClN2. The molecule has 1 aromatic heterocycles. The average Bonchev–Trinajstić information content (AvgIpc) is 2.43. The molecule has 0 amide bonds. The Morgan fingerprint density at radius 2 is 2.33 bits per heavy atom. The Morgan fingerprint density at radius 3 is 2.83 bits per heavy atom. The predicted octanol–water partition coefficient (Wildman–Crippen LogP) is 2.50. The summed E-state index contributed by atoms with van der Waals surface area (Å²) in [6.07, 6.45) is 5.33. The van der Waals surface area contributed by atoms with Gasteiger partial charge in [-0.25, -0.2) is 4.98 Å². The van der Waals surface area contributed by atoms with Gasteiger partial charge in [-0.1, -0.05) is 13.3 Å². The quantitative estimate of drug-likeness (QED) is 0.661. The van der Waals surface area contributed by atoms with Crippen molar-refractivity contribution in [2.24, 2.45) is 7.05 Å². The Balaban J connectivity index is 2.66. The highest BCUT2D eigenvalue weighted by Gasteiger charge is 2.03. The molecule has 0 saturated carbocycles. The topological polar surface area (TPSA) is 17.8 Å². The highest BCUT2D eigenvalue weighted by molar-refractivity contribution is 6.16. The second-order valence-electron chi connectivity index (χ2n) is 2.96. The fourth-order valence-corrected chi connectivity index (χ4v) is 1.43. The minimum atomic E-state index is 0.551. The summed E-state index contributed by atoms with van der Waals surface area (Å²) >= 11 is 5.72. The van der Waals surface area contributed by atoms with Gasteiger partial charge < -0.3 is 4.57 Å². The molecule has 0 aliphatic rings. The van der Waals surface area contributed by atoms with E-state index >= 15 is 0 Å². The zero-order valence-corrected chi connectivity index (χ0v) is 8.43. The van der Waals surface area contributed by atoms with Crippen LogP contribution in [0.15, 0.2) is 6.20 Å². The van der Waals surface area contributed by atoms with Gasteiger partial charge in [0.2, 0.25) is 0 Å². The van der Waals surface area contributed by atoms with E-state index in [4.69, 9.17) is 11.6 Å². The summed E-state index contributed by atoms with van der Waals surface area (Å²) < 4.78 is 2.09. The van der Waals surface area contributed by atoms with Crippen LogP contribution in [0.25, 0.3) is 0 Å². The molecule has 1 rings (SSSR count). The molecule has 0 unspecified atom stereocenters. The van der Waals surface area contributed by atoms with Crippen LogP contribution in [0.1, 0.15) is 31.3 Å². The maximum atomic E-state index is 5.72. The molecule has 1 heterocycles. The van der Waals surface area contributed by atoms with Crippen molar-refractivity contribution in [3.8, 4) is 0 Å². The molecule has 0 aliphatic heterocycles. The lowest BCUT2D eigenvalue weighted by atomic mass is 10.2. The molecular weight excluding hydrogens is 172 g/mol. The Labute approximate surface area is 78.6 Å². The smallest absolute Gasteiger partial charge is 0.108 e. The van der Waals surface area contributed by atoms with Crippen molar-refractivity contribution in [2.45, 2.75) is 32.1 Å². The van der Waals surface area contributed by atoms with E-state index in [2.05, 4.69) is 16.5 Å². The van der Waals surface area contributed by atoms with Gasteiger partial charge in [0.25, 0.3) is 0 Å². The second kappa shape index (κ2) is 4.51. The van der Waals surface area contributed by atoms with Crippen molar-refractivity contribution >= 4 is 11.6 Å². The van der Waals surface area contributed by atoms with Gasteiger partial charge in [0.15, 0.2) is 0 Å². The van der Waals surface area contributed by atoms with Crippen LogP contribution in [0.3, 0.4) is 0 Å². The van der Waals surface area contributed by atoms with Crippen molar-refractivity contribution in [3.05, 3.63) is 17.7 Å². The number of imidazole rings is 1. The van der Waals surface area contributed by atoms with E-state index in [1.165, 1.54) is 12.8 Å². The van der Waals surface area contributed by atoms with Crippen LogP contribution in [-0.2, 0) is 19.3 Å². The Bertz CT molecular complexity index is 243. The summed E-state index contributed by atoms with van der Waals surface area (Å²) in [4.78, 5) is 4.30. The maximum absolute atomic E-state index is 5.72. The summed E-state index contributed by atoms with van der Waals surface area (Å²) in [5.74, 6) is 1.70. The fraction of sp³-hybridized carbons (Fsp3) is 0.667. The predicted molar refractivity (Wildman–Crippen MR) is 51.4 cm³/mol. The molecule has 0 atom stereocenters. The minimum Gasteiger partial charge on any atom is -0.334 e. The molecule has 68 valence electrons. The number of nitrogens with zero attached hydrogens (tertiary/aromatic N) is 2. The summed E-state index contributed by atoms with van der Waals surface area (Å²) in [6, 6.07) is 0. The van der Waals surface area contributed by atoms with Crippen molar-refractivity contribution in [2.75, 3.05) is 0 Å². The molecule has 3 heteroatoms. The molecule has 2 nitrogen and oxygen atoms in total. The minimum absolute atomic E-state index is 0.551. The number of unbranched alkanes of at least 4 members (excludes halogenated alkanes) is 1. The Morgan fingerprint density at radius 1 is 1.58 bits per heavy atom. The zero-order chi connectivity index (χ0) is 8.97. The lowest BCUT2D eigenvalue weighted by Crippen LogP contribution is -2.00. The van der Waals surface area contributed by atoms with E-state index in [-0.39, 0.29) is 0 Å². The highest BCUT2D eigenvalue weighted by Crippen LogP contribution is 2.08. The Hall–Kier alpha value is -0.500. The van der Waals surface area contributed by atoms with Crippen LogP contribution in [-0.4, -0.2) is 9.55 Å². The van der Waals surface area contributed by atoms with E-state index in [0.717, 1.165) is 17.9 Å². The molecule has 0 aromatic carbocycles. The van der Waals surface area contributed by atoms with E-state index in [9.17, 15) is 0 Å². The summed E-state index contributed by atoms with van der Waals surface area (Å²) in [6.45, 7) is 2.19. The van der Waals surface area contributed by atoms with Gasteiger partial charge in [0.05, 0.1) is 11.6 Å². The second-order valence-corrected chi connectivity index (χ2v) is 3.23. The molecule has 12 heavy (non-hydrogen) atoms. The zero-order valence-electron chi connectivity index (χ0n) is 7.68. The summed E-state index contributed by atoms with van der Waals surface area (Å²) in [5.41, 5.74) is 1.10. The van der Waals surface area contributed by atoms with Crippen LogP contribution in [0, 0.1) is 0 Å². The normalized spacial score (nSPS) is 10.6. The van der Waals surface area contributed by atoms with Gasteiger partial charge in [0, 0.05) is 19.7 Å². The first-order valence-electron chi connectivity index (χ1n) is 4.35. The van der Waals surface area contributed by atoms with Crippen molar-refractivity contribution < 1.29 is 0 Å². The molecule has 1 aromatic rings. The summed E-state index contributed by atoms with van der Waals surface area (Å²) in [5, 5.41) is 0. The average molecular weight is 187 g/mol. The third-order valence-electron chi connectivity index (χ3n) is 2.07. The third-order valence-corrected chi connectivity index (χ3v) is 2.35. The van der Waals surface area contributed by atoms with Crippen molar-refractivity contribution in [1.29, 1.82) is 0 Å². The molecule has 0 N–H and O–H groups in total. The van der Waals surface area contributed by atoms with E-state index in [1.54, 1.807) is 0 Å². The SMILES string of the molecule is CCCCc1ncc(CCl)n1C. The molecule has 0 spiro atoms. The molecule has 0 radical (unpaired) electrons. The van der Waals surface area contributed by atoms with Gasteiger partial charge in [-0.05, 0) is 6.42 Å². The number of aryl methyl sites for hydroxylation is 1. The van der Waals surface area contributed by atoms with Gasteiger partial charge >= 0.3 is 0 Å². The first kappa shape index (κ1) is 9.59. The van der Waals surface area contributed by atoms with Gasteiger partial charge in [-0.15, -0.1) is 11.6 Å². The van der Waals surface area contributed by atoms with Crippen LogP contribution < -0.4 is 0 Å². The number of aromatic nitrogens is 2. The number of rotatable bonds is 4. The molecule has 0 bridgehead atoms. The van der Waals surface area contributed by atoms with Crippen LogP contribution in [0.5, 0.6) is 0 Å². The van der Waals surface area contributed by atoms with Gasteiger partial charge in [0.1, 0.15) is 5.82 Å². The van der Waals surface area contributed by atoms with E-state index in [1.807, 2.05) is 13.2 Å². The Kier molecular flexibility index (Phi) is 3.60. The van der Waals surface area contributed by atoms with Crippen LogP contribution in [0.2, 0.25) is 0 Å². The number of halogens is 1. The molecule has 0 aliphatic carbocycles. The van der Waals surface area contributed by atoms with Crippen molar-refractivity contribution in [1.82, 2.24) is 9.55 Å². The monoisotopic (exact) mass is 186 g/mol. The van der Waals surface area contributed by atoms with Gasteiger partial charge in [-0.3, -0.25) is 0 Å². The fourth-order valence-electron chi connectivity index (χ4n) is 1.18. The lowest BCUT2D eigenvalue weighted by Gasteiger charge is -2.02. The van der Waals surface area contributed by atoms with Crippen LogP contribution in [0.4, 0.5) is 0 Å². The van der Waals surface area contributed by atoms with Crippen molar-refractivity contribution in [3.63, 3.8) is 0 Å². The molecule has 0 fully saturated rings. The summed E-state index contributed by atoms with van der Waals surface area (Å²) in [7, 11) is 2.02. The third kappa shape index (κ3) is 2.01. The number of alkyl halides is 1. The maximum Gasteiger partial charge on any atom is 0.108 e. The standard InChI is InChI=1S/C9H15ClN2/c1-3-4-5-9-11-7-8(6-10)12(9)2/h7H,3-6H2,1-2H3. The first-order chi connectivity index (χ1) is 5.79. The lowest BCUT2D eigenvalue weighted by molar-refractivity contribution is 0.702. The number of hydrogen-bond donors (Lipinski definition) is 0. The molecule has 0 saturated heterocycles. The highest BCUT2D eigenvalue weighted by atomic mass is 35.5. The first-order valence-corrected chi connectivity index (χ1v) is 4.88. The largest absolute Gasteiger partial charge is 0.334 e. The van der Waals surface area contributed by atoms with E-state index in [0.29, 0.717) is 5.88 Å².